The fourth-order valence-corrected chi connectivity index (χ4v) is 3.79. The van der Waals surface area contributed by atoms with E-state index in [1.54, 1.807) is 43.3 Å². The Morgan fingerprint density at radius 3 is 2.75 bits per heavy atom. The van der Waals surface area contributed by atoms with Gasteiger partial charge in [0.25, 0.3) is 0 Å². The summed E-state index contributed by atoms with van der Waals surface area (Å²) in [7, 11) is 3.25. The molecular weight excluding hydrogens is 326 g/mol. The number of benzene rings is 1. The molecule has 2 heterocycles. The van der Waals surface area contributed by atoms with Crippen LogP contribution in [0.3, 0.4) is 0 Å². The maximum Gasteiger partial charge on any atom is 0.234 e. The second kappa shape index (κ2) is 7.09. The quantitative estimate of drug-likeness (QED) is 0.830. The third-order valence-corrected chi connectivity index (χ3v) is 5.08. The van der Waals surface area contributed by atoms with Gasteiger partial charge in [-0.25, -0.2) is 0 Å². The first-order chi connectivity index (χ1) is 11.6. The fraction of sp³-hybridized carbons (Fsp3) is 0.353. The highest BCUT2D eigenvalue weighted by atomic mass is 32.2. The smallest absolute Gasteiger partial charge is 0.234 e. The molecule has 1 aliphatic rings. The zero-order chi connectivity index (χ0) is 17.1. The number of aryl methyl sites for hydroxylation is 1. The second-order valence-corrected chi connectivity index (χ2v) is 6.51. The zero-order valence-electron chi connectivity index (χ0n) is 13.9. The molecule has 2 aromatic rings. The molecule has 0 N–H and O–H groups in total. The van der Waals surface area contributed by atoms with Crippen LogP contribution >= 0.6 is 11.8 Å². The van der Waals surface area contributed by atoms with Crippen molar-refractivity contribution in [3.05, 3.63) is 47.5 Å². The fourth-order valence-electron chi connectivity index (χ4n) is 2.59. The van der Waals surface area contributed by atoms with E-state index < -0.39 is 0 Å². The molecule has 1 aliphatic heterocycles. The number of hydrogen-bond acceptors (Lipinski definition) is 6. The van der Waals surface area contributed by atoms with Crippen molar-refractivity contribution in [2.75, 3.05) is 20.0 Å². The minimum absolute atomic E-state index is 0.0808. The zero-order valence-corrected chi connectivity index (χ0v) is 14.7. The second-order valence-electron chi connectivity index (χ2n) is 5.44. The van der Waals surface area contributed by atoms with Crippen LogP contribution in [0, 0.1) is 6.92 Å². The summed E-state index contributed by atoms with van der Waals surface area (Å²) in [6.07, 6.45) is 3.43. The molecule has 1 unspecified atom stereocenters. The molecule has 1 aromatic heterocycles. The molecule has 0 aliphatic carbocycles. The molecule has 6 nitrogen and oxygen atoms in total. The molecule has 3 rings (SSSR count). The van der Waals surface area contributed by atoms with Crippen LogP contribution in [-0.4, -0.2) is 40.7 Å². The van der Waals surface area contributed by atoms with Crippen molar-refractivity contribution >= 4 is 17.7 Å². The van der Waals surface area contributed by atoms with Crippen LogP contribution in [0.2, 0.25) is 0 Å². The van der Waals surface area contributed by atoms with Gasteiger partial charge in [-0.05, 0) is 25.1 Å². The normalized spacial score (nSPS) is 17.2. The van der Waals surface area contributed by atoms with Gasteiger partial charge in [-0.3, -0.25) is 14.8 Å². The Hall–Kier alpha value is -2.28. The third-order valence-electron chi connectivity index (χ3n) is 3.84. The largest absolute Gasteiger partial charge is 0.497 e. The van der Waals surface area contributed by atoms with Crippen LogP contribution in [0.4, 0.5) is 0 Å². The van der Waals surface area contributed by atoms with Gasteiger partial charge in [0.2, 0.25) is 5.91 Å². The number of nitrogens with zero attached hydrogens (tertiary/aromatic N) is 3. The SMILES string of the molecule is COc1ccc(OC)c(C2SCC(=O)N2Cc2cnc(C)cn2)c1. The van der Waals surface area contributed by atoms with E-state index in [4.69, 9.17) is 9.47 Å². The first-order valence-corrected chi connectivity index (χ1v) is 8.57. The van der Waals surface area contributed by atoms with Crippen molar-refractivity contribution in [1.82, 2.24) is 14.9 Å². The summed E-state index contributed by atoms with van der Waals surface area (Å²) in [5, 5.41) is -0.134. The topological polar surface area (TPSA) is 64.6 Å². The number of ether oxygens (including phenoxy) is 2. The molecule has 0 spiro atoms. The molecule has 126 valence electrons. The standard InChI is InChI=1S/C17H19N3O3S/c1-11-7-19-12(8-18-11)9-20-16(21)10-24-17(20)14-6-13(22-2)4-5-15(14)23-3/h4-8,17H,9-10H2,1-3H3. The molecule has 0 radical (unpaired) electrons. The summed E-state index contributed by atoms with van der Waals surface area (Å²) in [5.41, 5.74) is 2.54. The highest BCUT2D eigenvalue weighted by molar-refractivity contribution is 8.00. The van der Waals surface area contributed by atoms with Crippen molar-refractivity contribution < 1.29 is 14.3 Å². The van der Waals surface area contributed by atoms with Gasteiger partial charge in [-0.15, -0.1) is 11.8 Å². The lowest BCUT2D eigenvalue weighted by Gasteiger charge is -2.25. The van der Waals surface area contributed by atoms with Crippen molar-refractivity contribution in [1.29, 1.82) is 0 Å². The first-order valence-electron chi connectivity index (χ1n) is 7.53. The summed E-state index contributed by atoms with van der Waals surface area (Å²) in [5.74, 6) is 1.99. The Morgan fingerprint density at radius 2 is 2.08 bits per heavy atom. The van der Waals surface area contributed by atoms with E-state index >= 15 is 0 Å². The van der Waals surface area contributed by atoms with Crippen LogP contribution in [0.5, 0.6) is 11.5 Å². The van der Waals surface area contributed by atoms with E-state index in [2.05, 4.69) is 9.97 Å². The predicted octanol–water partition coefficient (Wildman–Crippen LogP) is 2.58. The highest BCUT2D eigenvalue weighted by Crippen LogP contribution is 2.44. The van der Waals surface area contributed by atoms with Gasteiger partial charge in [0.15, 0.2) is 0 Å². The van der Waals surface area contributed by atoms with E-state index in [-0.39, 0.29) is 11.3 Å². The number of hydrogen-bond donors (Lipinski definition) is 0. The average molecular weight is 345 g/mol. The van der Waals surface area contributed by atoms with Crippen molar-refractivity contribution in [2.45, 2.75) is 18.8 Å². The van der Waals surface area contributed by atoms with Gasteiger partial charge in [0.05, 0.1) is 44.1 Å². The number of thioether (sulfide) groups is 1. The monoisotopic (exact) mass is 345 g/mol. The number of aromatic nitrogens is 2. The van der Waals surface area contributed by atoms with E-state index in [9.17, 15) is 4.79 Å². The number of amides is 1. The Balaban J connectivity index is 1.91. The minimum Gasteiger partial charge on any atom is -0.497 e. The van der Waals surface area contributed by atoms with Crippen molar-refractivity contribution in [3.8, 4) is 11.5 Å². The van der Waals surface area contributed by atoms with Crippen LogP contribution in [-0.2, 0) is 11.3 Å². The number of rotatable bonds is 5. The van der Waals surface area contributed by atoms with E-state index in [1.165, 1.54) is 0 Å². The molecule has 7 heteroatoms. The predicted molar refractivity (Wildman–Crippen MR) is 92.1 cm³/mol. The Bertz CT molecular complexity index is 736. The van der Waals surface area contributed by atoms with Gasteiger partial charge in [0, 0.05) is 11.8 Å². The van der Waals surface area contributed by atoms with Gasteiger partial charge in [-0.1, -0.05) is 0 Å². The average Bonchev–Trinajstić information content (AvgIpc) is 2.97. The van der Waals surface area contributed by atoms with E-state index in [0.29, 0.717) is 12.3 Å². The molecule has 1 fully saturated rings. The maximum atomic E-state index is 12.4. The third kappa shape index (κ3) is 3.31. The van der Waals surface area contributed by atoms with Gasteiger partial charge >= 0.3 is 0 Å². The van der Waals surface area contributed by atoms with Crippen LogP contribution < -0.4 is 9.47 Å². The molecule has 1 aromatic carbocycles. The van der Waals surface area contributed by atoms with Crippen LogP contribution in [0.1, 0.15) is 22.3 Å². The lowest BCUT2D eigenvalue weighted by Crippen LogP contribution is -2.28. The Labute approximate surface area is 145 Å². The molecule has 1 saturated heterocycles. The van der Waals surface area contributed by atoms with Crippen molar-refractivity contribution in [3.63, 3.8) is 0 Å². The molecule has 0 saturated carbocycles. The van der Waals surface area contributed by atoms with E-state index in [0.717, 1.165) is 28.5 Å². The van der Waals surface area contributed by atoms with E-state index in [1.807, 2.05) is 25.1 Å². The minimum atomic E-state index is -0.134. The highest BCUT2D eigenvalue weighted by Gasteiger charge is 2.35. The number of methoxy groups -OCH3 is 2. The maximum absolute atomic E-state index is 12.4. The van der Waals surface area contributed by atoms with Gasteiger partial charge < -0.3 is 14.4 Å². The summed E-state index contributed by atoms with van der Waals surface area (Å²) >= 11 is 1.58. The first kappa shape index (κ1) is 16.6. The number of carbonyl (C=O) groups excluding carboxylic acids is 1. The number of carbonyl (C=O) groups is 1. The summed E-state index contributed by atoms with van der Waals surface area (Å²) in [6.45, 7) is 2.31. The lowest BCUT2D eigenvalue weighted by atomic mass is 10.1. The lowest BCUT2D eigenvalue weighted by molar-refractivity contribution is -0.128. The van der Waals surface area contributed by atoms with Gasteiger partial charge in [-0.2, -0.15) is 0 Å². The Kier molecular flexibility index (Phi) is 4.89. The molecular formula is C17H19N3O3S. The Morgan fingerprint density at radius 1 is 1.25 bits per heavy atom. The molecule has 1 atom stereocenters. The molecule has 0 bridgehead atoms. The van der Waals surface area contributed by atoms with Crippen molar-refractivity contribution in [2.24, 2.45) is 0 Å². The van der Waals surface area contributed by atoms with Crippen LogP contribution in [0.15, 0.2) is 30.6 Å². The summed E-state index contributed by atoms with van der Waals surface area (Å²) in [4.78, 5) is 22.8. The van der Waals surface area contributed by atoms with Gasteiger partial charge in [0.1, 0.15) is 16.9 Å². The summed E-state index contributed by atoms with van der Waals surface area (Å²) < 4.78 is 10.8. The van der Waals surface area contributed by atoms with Crippen LogP contribution in [0.25, 0.3) is 0 Å². The molecule has 24 heavy (non-hydrogen) atoms. The molecule has 1 amide bonds. The summed E-state index contributed by atoms with van der Waals surface area (Å²) in [6, 6.07) is 5.63.